The van der Waals surface area contributed by atoms with Crippen LogP contribution in [0, 0.1) is 5.92 Å². The Kier molecular flexibility index (Phi) is 33.9. The lowest BCUT2D eigenvalue weighted by Gasteiger charge is -2.32. The van der Waals surface area contributed by atoms with Gasteiger partial charge >= 0.3 is 0 Å². The second kappa shape index (κ2) is 41.0. The molecule has 10 atom stereocenters. The first-order valence-corrected chi connectivity index (χ1v) is 33.6. The van der Waals surface area contributed by atoms with E-state index in [1.165, 1.54) is 21.6 Å². The number of amides is 13. The number of likely N-dealkylation sites (tertiary alicyclic amines) is 2. The quantitative estimate of drug-likeness (QED) is 0.0173. The molecular formula is C63H98N18O13S. The van der Waals surface area contributed by atoms with Gasteiger partial charge in [0, 0.05) is 45.3 Å². The number of rotatable bonds is 42. The molecule has 22 N–H and O–H groups in total. The number of unbranched alkanes of at least 4 members (excludes halogenated alkanes) is 1. The van der Waals surface area contributed by atoms with E-state index in [1.807, 2.05) is 20.1 Å². The summed E-state index contributed by atoms with van der Waals surface area (Å²) in [6.07, 6.45) is 3.12. The molecule has 524 valence electrons. The monoisotopic (exact) mass is 1350 g/mol. The van der Waals surface area contributed by atoms with Crippen molar-refractivity contribution in [3.8, 4) is 0 Å². The van der Waals surface area contributed by atoms with Gasteiger partial charge in [0.1, 0.15) is 54.4 Å². The Morgan fingerprint density at radius 1 is 0.537 bits per heavy atom. The molecule has 0 saturated carbocycles. The molecule has 2 aromatic carbocycles. The SMILES string of the molecule is CSCC[C@H](NC(=O)[C@@H](CC(C)C)NC(=O)CNC(=O)[C@H](Cc1ccccc1)NC(=O)[C@H](Cc1ccccc1)NC(=O)[C@@H](CCC(N)=O)NC(=O)[C@H](CCC(N)=O)NC(=O)[C@H]1CCCN1C(=O)[C@H](CCCCN)NC(=O)[C@@H]1CCCN1C(=O)[C@H](N)CCCN=C(N)N)C(N)=O. The standard InChI is InChI=1S/C63H98N18O13S/c1-37(2)33-45(57(89)74-41(53(68)85)27-32-95-3)73-52(84)36-72-54(86)46(34-38-15-6-4-7-16-38)78-58(90)47(35-39-17-8-5-9-18-39)79-56(88)42(23-25-50(66)82)75-55(87)43(24-26-51(67)83)76-59(91)49-22-14-31-81(49)62(94)44(20-10-11-28-64)77-60(92)48-21-13-30-80(48)61(93)40(65)19-12-29-71-63(69)70/h4-9,15-18,37,40-49H,10-14,19-36,64-65H2,1-3H3,(H2,66,82)(H2,67,83)(H2,68,85)(H,72,86)(H,73,84)(H,74,89)(H,75,87)(H,76,91)(H,77,92)(H,78,90)(H,79,88)(H4,69,70,71)/t40-,41+,42-,43+,44+,45-,46+,47+,48+,49-/m1/s1. The zero-order chi connectivity index (χ0) is 70.1. The molecule has 2 heterocycles. The van der Waals surface area contributed by atoms with E-state index in [0.29, 0.717) is 55.4 Å². The van der Waals surface area contributed by atoms with Crippen molar-refractivity contribution in [2.75, 3.05) is 44.7 Å². The van der Waals surface area contributed by atoms with Gasteiger partial charge in [-0.15, -0.1) is 0 Å². The average Bonchev–Trinajstić information content (AvgIpc) is 1.74. The minimum Gasteiger partial charge on any atom is -0.370 e. The number of benzene rings is 2. The number of nitrogens with two attached hydrogens (primary N) is 7. The molecule has 0 aliphatic carbocycles. The Balaban J connectivity index is 1.56. The van der Waals surface area contributed by atoms with Gasteiger partial charge in [0.05, 0.1) is 12.6 Å². The normalized spacial score (nSPS) is 16.8. The molecular weight excluding hydrogens is 1250 g/mol. The minimum absolute atomic E-state index is 0.0736. The van der Waals surface area contributed by atoms with Crippen LogP contribution >= 0.6 is 11.8 Å². The number of aliphatic imine (C=N–C) groups is 1. The maximum absolute atomic E-state index is 14.7. The zero-order valence-electron chi connectivity index (χ0n) is 54.5. The van der Waals surface area contributed by atoms with Crippen molar-refractivity contribution in [1.29, 1.82) is 0 Å². The fourth-order valence-electron chi connectivity index (χ4n) is 11.0. The smallest absolute Gasteiger partial charge is 0.245 e. The number of hydrogen-bond acceptors (Lipinski definition) is 17. The van der Waals surface area contributed by atoms with Crippen molar-refractivity contribution in [2.24, 2.45) is 51.0 Å². The van der Waals surface area contributed by atoms with Gasteiger partial charge in [-0.05, 0) is 119 Å². The van der Waals surface area contributed by atoms with Gasteiger partial charge in [-0.1, -0.05) is 74.5 Å². The van der Waals surface area contributed by atoms with Gasteiger partial charge < -0.3 is 92.5 Å². The summed E-state index contributed by atoms with van der Waals surface area (Å²) in [5.74, 6) is -9.80. The van der Waals surface area contributed by atoms with Gasteiger partial charge in [-0.25, -0.2) is 0 Å². The molecule has 0 bridgehead atoms. The van der Waals surface area contributed by atoms with Gasteiger partial charge in [-0.3, -0.25) is 67.3 Å². The third-order valence-electron chi connectivity index (χ3n) is 16.0. The first-order chi connectivity index (χ1) is 45.2. The van der Waals surface area contributed by atoms with Gasteiger partial charge in [0.25, 0.3) is 0 Å². The maximum Gasteiger partial charge on any atom is 0.245 e. The van der Waals surface area contributed by atoms with E-state index in [0.717, 1.165) is 0 Å². The van der Waals surface area contributed by atoms with Crippen LogP contribution in [0.15, 0.2) is 65.7 Å². The number of nitrogens with zero attached hydrogens (tertiary/aromatic N) is 3. The molecule has 2 fully saturated rings. The van der Waals surface area contributed by atoms with Gasteiger partial charge in [0.15, 0.2) is 5.96 Å². The topological polar surface area (TPSA) is 519 Å². The van der Waals surface area contributed by atoms with E-state index < -0.39 is 169 Å². The highest BCUT2D eigenvalue weighted by molar-refractivity contribution is 7.98. The van der Waals surface area contributed by atoms with Crippen molar-refractivity contribution in [2.45, 2.75) is 183 Å². The Hall–Kier alpha value is -8.91. The van der Waals surface area contributed by atoms with Crippen molar-refractivity contribution < 1.29 is 62.3 Å². The van der Waals surface area contributed by atoms with Crippen molar-refractivity contribution in [3.05, 3.63) is 71.8 Å². The maximum atomic E-state index is 14.7. The summed E-state index contributed by atoms with van der Waals surface area (Å²) in [6, 6.07) is 4.51. The third-order valence-corrected chi connectivity index (χ3v) is 16.7. The zero-order valence-corrected chi connectivity index (χ0v) is 55.3. The number of carbonyl (C=O) groups excluding carboxylic acids is 13. The molecule has 2 aliphatic rings. The van der Waals surface area contributed by atoms with E-state index in [1.54, 1.807) is 60.7 Å². The van der Waals surface area contributed by atoms with Crippen LogP contribution in [0.3, 0.4) is 0 Å². The summed E-state index contributed by atoms with van der Waals surface area (Å²) >= 11 is 1.45. The van der Waals surface area contributed by atoms with Crippen LogP contribution in [0.1, 0.15) is 121 Å². The van der Waals surface area contributed by atoms with E-state index in [2.05, 4.69) is 47.5 Å². The summed E-state index contributed by atoms with van der Waals surface area (Å²) < 4.78 is 0. The molecule has 31 nitrogen and oxygen atoms in total. The van der Waals surface area contributed by atoms with Crippen molar-refractivity contribution in [3.63, 3.8) is 0 Å². The van der Waals surface area contributed by atoms with E-state index >= 15 is 0 Å². The highest BCUT2D eigenvalue weighted by Gasteiger charge is 2.42. The van der Waals surface area contributed by atoms with Gasteiger partial charge in [-0.2, -0.15) is 11.8 Å². The molecule has 0 spiro atoms. The third kappa shape index (κ3) is 27.5. The highest BCUT2D eigenvalue weighted by Crippen LogP contribution is 2.24. The van der Waals surface area contributed by atoms with Crippen molar-refractivity contribution in [1.82, 2.24) is 52.3 Å². The van der Waals surface area contributed by atoms with Crippen LogP contribution in [0.5, 0.6) is 0 Å². The Morgan fingerprint density at radius 3 is 1.51 bits per heavy atom. The Bertz CT molecular complexity index is 2960. The molecule has 0 unspecified atom stereocenters. The Labute approximate surface area is 558 Å². The van der Waals surface area contributed by atoms with Crippen LogP contribution in [-0.4, -0.2) is 198 Å². The molecule has 2 aromatic rings. The molecule has 2 saturated heterocycles. The van der Waals surface area contributed by atoms with Gasteiger partial charge in [0.2, 0.25) is 76.8 Å². The predicted octanol–water partition coefficient (Wildman–Crippen LogP) is -3.71. The number of nitrogens with one attached hydrogen (secondary N) is 8. The Morgan fingerprint density at radius 2 is 1.01 bits per heavy atom. The largest absolute Gasteiger partial charge is 0.370 e. The highest BCUT2D eigenvalue weighted by atomic mass is 32.2. The molecule has 95 heavy (non-hydrogen) atoms. The summed E-state index contributed by atoms with van der Waals surface area (Å²) in [4.78, 5) is 185. The lowest BCUT2D eigenvalue weighted by Crippen LogP contribution is -2.60. The fraction of sp³-hybridized carbons (Fsp3) is 0.587. The molecule has 0 radical (unpaired) electrons. The molecule has 2 aliphatic heterocycles. The average molecular weight is 1350 g/mol. The predicted molar refractivity (Wildman–Crippen MR) is 356 cm³/mol. The number of thioether (sulfide) groups is 1. The second-order valence-electron chi connectivity index (χ2n) is 24.1. The minimum atomic E-state index is -1.64. The van der Waals surface area contributed by atoms with E-state index in [-0.39, 0.29) is 83.0 Å². The van der Waals surface area contributed by atoms with Crippen LogP contribution in [-0.2, 0) is 75.2 Å². The molecule has 13 amide bonds. The first kappa shape index (κ1) is 78.5. The van der Waals surface area contributed by atoms with Crippen LogP contribution in [0.2, 0.25) is 0 Å². The number of primary amides is 3. The fourth-order valence-corrected chi connectivity index (χ4v) is 11.5. The van der Waals surface area contributed by atoms with Crippen molar-refractivity contribution >= 4 is 94.5 Å². The number of hydrogen-bond donors (Lipinski definition) is 15. The second-order valence-corrected chi connectivity index (χ2v) is 25.1. The van der Waals surface area contributed by atoms with Crippen LogP contribution in [0.25, 0.3) is 0 Å². The number of carbonyl (C=O) groups is 13. The van der Waals surface area contributed by atoms with E-state index in [4.69, 9.17) is 40.1 Å². The lowest BCUT2D eigenvalue weighted by molar-refractivity contribution is -0.144. The summed E-state index contributed by atoms with van der Waals surface area (Å²) in [6.45, 7) is 3.86. The van der Waals surface area contributed by atoms with Crippen LogP contribution < -0.4 is 82.7 Å². The molecule has 32 heteroatoms. The van der Waals surface area contributed by atoms with Crippen LogP contribution in [0.4, 0.5) is 0 Å². The lowest BCUT2D eigenvalue weighted by atomic mass is 10.0. The first-order valence-electron chi connectivity index (χ1n) is 32.2. The summed E-state index contributed by atoms with van der Waals surface area (Å²) in [7, 11) is 0. The van der Waals surface area contributed by atoms with E-state index in [9.17, 15) is 62.3 Å². The molecule has 4 rings (SSSR count). The summed E-state index contributed by atoms with van der Waals surface area (Å²) in [5, 5.41) is 21.1. The molecule has 0 aromatic heterocycles. The summed E-state index contributed by atoms with van der Waals surface area (Å²) in [5.41, 5.74) is 40.6. The number of guanidine groups is 1.